The van der Waals surface area contributed by atoms with E-state index in [1.807, 2.05) is 60.7 Å². The minimum absolute atomic E-state index is 0.0711. The quantitative estimate of drug-likeness (QED) is 0.557. The molecule has 3 aromatic rings. The van der Waals surface area contributed by atoms with Crippen molar-refractivity contribution >= 4 is 23.8 Å². The molecule has 0 spiro atoms. The van der Waals surface area contributed by atoms with Crippen LogP contribution in [0.25, 0.3) is 0 Å². The number of imide groups is 1. The van der Waals surface area contributed by atoms with E-state index in [1.54, 1.807) is 0 Å². The van der Waals surface area contributed by atoms with E-state index < -0.39 is 17.5 Å². The molecule has 0 unspecified atom stereocenters. The number of nitrogens with one attached hydrogen (secondary N) is 1. The van der Waals surface area contributed by atoms with E-state index in [4.69, 9.17) is 11.5 Å². The van der Waals surface area contributed by atoms with Gasteiger partial charge in [-0.15, -0.1) is 0 Å². The number of aromatic nitrogens is 3. The number of rotatable bonds is 5. The van der Waals surface area contributed by atoms with Crippen LogP contribution in [0.4, 0.5) is 16.7 Å². The second-order valence-electron chi connectivity index (χ2n) is 6.72. The van der Waals surface area contributed by atoms with E-state index in [-0.39, 0.29) is 24.3 Å². The average molecular weight is 389 g/mol. The molecule has 1 aliphatic rings. The zero-order valence-corrected chi connectivity index (χ0v) is 15.4. The summed E-state index contributed by atoms with van der Waals surface area (Å²) in [5.74, 6) is -0.395. The van der Waals surface area contributed by atoms with Crippen molar-refractivity contribution in [3.63, 3.8) is 0 Å². The maximum absolute atomic E-state index is 13.5. The van der Waals surface area contributed by atoms with Gasteiger partial charge in [-0.3, -0.25) is 9.69 Å². The maximum Gasteiger partial charge on any atom is 0.325 e. The number of hydrogen-bond donors (Lipinski definition) is 3. The highest BCUT2D eigenvalue weighted by atomic mass is 16.2. The minimum atomic E-state index is -1.23. The molecule has 4 rings (SSSR count). The highest BCUT2D eigenvalue weighted by molar-refractivity contribution is 6.07. The number of carbonyl (C=O) groups excluding carboxylic acids is 2. The standard InChI is InChI=1S/C20H19N7O2/c21-17-23-15(24-18(22)25-17)12-27-16(28)20(26-19(27)29,14-9-5-2-6-10-14)11-13-7-3-1-4-8-13/h1-10H,11-12H2,(H,26,29)(H4,21,22,23,24,25)/t20-/m1/s1. The number of hydrogen-bond acceptors (Lipinski definition) is 7. The Kier molecular flexibility index (Phi) is 4.55. The Morgan fingerprint density at radius 3 is 2.07 bits per heavy atom. The van der Waals surface area contributed by atoms with Gasteiger partial charge in [0, 0.05) is 6.42 Å². The SMILES string of the molecule is Nc1nc(N)nc(CN2C(=O)N[C@](Cc3ccccc3)(c3ccccc3)C2=O)n1. The fraction of sp³-hybridized carbons (Fsp3) is 0.150. The van der Waals surface area contributed by atoms with E-state index in [9.17, 15) is 9.59 Å². The molecule has 1 aliphatic heterocycles. The molecule has 0 saturated carbocycles. The van der Waals surface area contributed by atoms with E-state index in [1.165, 1.54) is 0 Å². The zero-order chi connectivity index (χ0) is 20.4. The fourth-order valence-electron chi connectivity index (χ4n) is 3.48. The Bertz CT molecular complexity index is 1040. The van der Waals surface area contributed by atoms with Crippen LogP contribution in [0.15, 0.2) is 60.7 Å². The molecule has 0 bridgehead atoms. The van der Waals surface area contributed by atoms with Crippen molar-refractivity contribution in [3.05, 3.63) is 77.6 Å². The lowest BCUT2D eigenvalue weighted by molar-refractivity contribution is -0.132. The van der Waals surface area contributed by atoms with Gasteiger partial charge in [0.05, 0.1) is 6.54 Å². The number of benzene rings is 2. The average Bonchev–Trinajstić information content (AvgIpc) is 2.94. The molecule has 146 valence electrons. The van der Waals surface area contributed by atoms with Gasteiger partial charge in [0.1, 0.15) is 0 Å². The molecule has 2 aromatic carbocycles. The van der Waals surface area contributed by atoms with Gasteiger partial charge in [-0.05, 0) is 11.1 Å². The smallest absolute Gasteiger partial charge is 0.325 e. The molecule has 9 heteroatoms. The van der Waals surface area contributed by atoms with Gasteiger partial charge < -0.3 is 16.8 Å². The minimum Gasteiger partial charge on any atom is -0.368 e. The Balaban J connectivity index is 1.72. The van der Waals surface area contributed by atoms with Crippen LogP contribution in [0.1, 0.15) is 17.0 Å². The first-order chi connectivity index (χ1) is 14.0. The third-order valence-electron chi connectivity index (χ3n) is 4.77. The maximum atomic E-state index is 13.5. The first-order valence-electron chi connectivity index (χ1n) is 8.97. The first kappa shape index (κ1) is 18.4. The molecule has 1 aromatic heterocycles. The van der Waals surface area contributed by atoms with Crippen molar-refractivity contribution in [2.75, 3.05) is 11.5 Å². The molecular formula is C20H19N7O2. The zero-order valence-electron chi connectivity index (χ0n) is 15.4. The third kappa shape index (κ3) is 3.45. The van der Waals surface area contributed by atoms with E-state index in [2.05, 4.69) is 20.3 Å². The molecule has 2 heterocycles. The summed E-state index contributed by atoms with van der Waals surface area (Å²) in [6.07, 6.45) is 0.306. The van der Waals surface area contributed by atoms with E-state index in [0.29, 0.717) is 12.0 Å². The molecule has 3 amide bonds. The Morgan fingerprint density at radius 2 is 1.45 bits per heavy atom. The summed E-state index contributed by atoms with van der Waals surface area (Å²) in [7, 11) is 0. The number of carbonyl (C=O) groups is 2. The van der Waals surface area contributed by atoms with Crippen LogP contribution < -0.4 is 16.8 Å². The van der Waals surface area contributed by atoms with Crippen LogP contribution in [0, 0.1) is 0 Å². The van der Waals surface area contributed by atoms with Crippen LogP contribution in [0.5, 0.6) is 0 Å². The summed E-state index contributed by atoms with van der Waals surface area (Å²) >= 11 is 0. The van der Waals surface area contributed by atoms with Crippen molar-refractivity contribution in [2.24, 2.45) is 0 Å². The normalized spacial score (nSPS) is 18.7. The molecule has 1 fully saturated rings. The first-order valence-corrected chi connectivity index (χ1v) is 8.97. The van der Waals surface area contributed by atoms with Crippen molar-refractivity contribution in [1.82, 2.24) is 25.2 Å². The van der Waals surface area contributed by atoms with Crippen LogP contribution in [-0.4, -0.2) is 31.8 Å². The Labute approximate surface area is 166 Å². The second-order valence-corrected chi connectivity index (χ2v) is 6.72. The Morgan fingerprint density at radius 1 is 0.862 bits per heavy atom. The molecule has 9 nitrogen and oxygen atoms in total. The van der Waals surface area contributed by atoms with Crippen LogP contribution >= 0.6 is 0 Å². The van der Waals surface area contributed by atoms with Gasteiger partial charge in [0.2, 0.25) is 11.9 Å². The number of nitrogens with zero attached hydrogens (tertiary/aromatic N) is 4. The largest absolute Gasteiger partial charge is 0.368 e. The summed E-state index contributed by atoms with van der Waals surface area (Å²) in [5.41, 5.74) is 11.6. The Hall–Kier alpha value is -4.01. The lowest BCUT2D eigenvalue weighted by atomic mass is 9.83. The van der Waals surface area contributed by atoms with Gasteiger partial charge in [-0.2, -0.15) is 15.0 Å². The van der Waals surface area contributed by atoms with Crippen LogP contribution in [-0.2, 0) is 23.3 Å². The van der Waals surface area contributed by atoms with E-state index >= 15 is 0 Å². The molecule has 1 saturated heterocycles. The third-order valence-corrected chi connectivity index (χ3v) is 4.77. The van der Waals surface area contributed by atoms with Gasteiger partial charge in [0.25, 0.3) is 5.91 Å². The number of nitrogens with two attached hydrogens (primary N) is 2. The number of nitrogen functional groups attached to an aromatic ring is 2. The van der Waals surface area contributed by atoms with Crippen LogP contribution in [0.2, 0.25) is 0 Å². The molecule has 5 N–H and O–H groups in total. The van der Waals surface area contributed by atoms with Gasteiger partial charge in [0.15, 0.2) is 11.4 Å². The summed E-state index contributed by atoms with van der Waals surface area (Å²) < 4.78 is 0. The van der Waals surface area contributed by atoms with Gasteiger partial charge in [-0.1, -0.05) is 60.7 Å². The van der Waals surface area contributed by atoms with Gasteiger partial charge in [-0.25, -0.2) is 4.79 Å². The molecular weight excluding hydrogens is 370 g/mol. The van der Waals surface area contributed by atoms with Crippen LogP contribution in [0.3, 0.4) is 0 Å². The molecule has 1 atom stereocenters. The summed E-state index contributed by atoms with van der Waals surface area (Å²) in [6, 6.07) is 18.1. The predicted molar refractivity (Wildman–Crippen MR) is 106 cm³/mol. The van der Waals surface area contributed by atoms with Crippen molar-refractivity contribution < 1.29 is 9.59 Å². The van der Waals surface area contributed by atoms with Crippen molar-refractivity contribution in [3.8, 4) is 0 Å². The fourth-order valence-corrected chi connectivity index (χ4v) is 3.48. The highest BCUT2D eigenvalue weighted by Gasteiger charge is 2.52. The summed E-state index contributed by atoms with van der Waals surface area (Å²) in [4.78, 5) is 39.1. The molecule has 0 radical (unpaired) electrons. The summed E-state index contributed by atoms with van der Waals surface area (Å²) in [6.45, 7) is -0.162. The van der Waals surface area contributed by atoms with Crippen molar-refractivity contribution in [2.45, 2.75) is 18.5 Å². The molecule has 0 aliphatic carbocycles. The number of urea groups is 1. The number of anilines is 2. The van der Waals surface area contributed by atoms with Crippen molar-refractivity contribution in [1.29, 1.82) is 0 Å². The second kappa shape index (κ2) is 7.19. The highest BCUT2D eigenvalue weighted by Crippen LogP contribution is 2.33. The van der Waals surface area contributed by atoms with E-state index in [0.717, 1.165) is 10.5 Å². The predicted octanol–water partition coefficient (Wildman–Crippen LogP) is 1.23. The molecule has 29 heavy (non-hydrogen) atoms. The summed E-state index contributed by atoms with van der Waals surface area (Å²) in [5, 5.41) is 2.89. The number of amides is 3. The lowest BCUT2D eigenvalue weighted by Crippen LogP contribution is -2.46. The monoisotopic (exact) mass is 389 g/mol. The van der Waals surface area contributed by atoms with Gasteiger partial charge >= 0.3 is 6.03 Å². The lowest BCUT2D eigenvalue weighted by Gasteiger charge is -2.27. The topological polar surface area (TPSA) is 140 Å².